The van der Waals surface area contributed by atoms with Gasteiger partial charge in [0.25, 0.3) is 0 Å². The van der Waals surface area contributed by atoms with E-state index in [1.807, 2.05) is 6.07 Å². The van der Waals surface area contributed by atoms with Gasteiger partial charge in [-0.2, -0.15) is 0 Å². The number of nitrogens with zero attached hydrogens (tertiary/aromatic N) is 2. The van der Waals surface area contributed by atoms with E-state index in [0.29, 0.717) is 0 Å². The van der Waals surface area contributed by atoms with Crippen molar-refractivity contribution in [3.05, 3.63) is 11.9 Å². The first kappa shape index (κ1) is 16.7. The zero-order chi connectivity index (χ0) is 15.4. The second kappa shape index (κ2) is 6.42. The van der Waals surface area contributed by atoms with Crippen LogP contribution in [0, 0.1) is 0 Å². The molecule has 0 spiro atoms. The number of anilines is 2. The Morgan fingerprint density at radius 1 is 0.950 bits per heavy atom. The molecule has 0 aliphatic heterocycles. The van der Waals surface area contributed by atoms with Crippen molar-refractivity contribution < 1.29 is 0 Å². The molecule has 0 saturated heterocycles. The summed E-state index contributed by atoms with van der Waals surface area (Å²) in [4.78, 5) is 9.32. The van der Waals surface area contributed by atoms with Crippen LogP contribution in [0.2, 0.25) is 0 Å². The lowest BCUT2D eigenvalue weighted by molar-refractivity contribution is 0.474. The predicted molar refractivity (Wildman–Crippen MR) is 87.5 cm³/mol. The lowest BCUT2D eigenvalue weighted by Gasteiger charge is -2.30. The van der Waals surface area contributed by atoms with E-state index in [2.05, 4.69) is 64.1 Å². The summed E-state index contributed by atoms with van der Waals surface area (Å²) in [7, 11) is 0. The van der Waals surface area contributed by atoms with E-state index in [1.54, 1.807) is 0 Å². The molecule has 0 saturated carbocycles. The Morgan fingerprint density at radius 2 is 1.50 bits per heavy atom. The van der Waals surface area contributed by atoms with Gasteiger partial charge in [-0.05, 0) is 26.7 Å². The van der Waals surface area contributed by atoms with Crippen LogP contribution in [0.25, 0.3) is 0 Å². The van der Waals surface area contributed by atoms with Crippen LogP contribution in [0.5, 0.6) is 0 Å². The summed E-state index contributed by atoms with van der Waals surface area (Å²) in [6, 6.07) is 2.00. The second-order valence-corrected chi connectivity index (χ2v) is 6.64. The fourth-order valence-electron chi connectivity index (χ4n) is 1.85. The second-order valence-electron chi connectivity index (χ2n) is 6.64. The Balaban J connectivity index is 3.15. The third kappa shape index (κ3) is 4.36. The standard InChI is InChI=1S/C16H30N4/c1-8-16(7,9-2)20-13-11-12(17-10-3)18-14(19-13)15(4,5)6/h11H,8-10H2,1-7H3,(H2,17,18,19,20). The molecule has 1 aromatic heterocycles. The van der Waals surface area contributed by atoms with Crippen LogP contribution >= 0.6 is 0 Å². The predicted octanol–water partition coefficient (Wildman–Crippen LogP) is 4.20. The van der Waals surface area contributed by atoms with Crippen molar-refractivity contribution in [2.24, 2.45) is 0 Å². The maximum absolute atomic E-state index is 4.71. The van der Waals surface area contributed by atoms with Crippen molar-refractivity contribution in [3.8, 4) is 0 Å². The lowest BCUT2D eigenvalue weighted by Crippen LogP contribution is -2.34. The largest absolute Gasteiger partial charge is 0.370 e. The smallest absolute Gasteiger partial charge is 0.138 e. The summed E-state index contributed by atoms with van der Waals surface area (Å²) in [6.07, 6.45) is 2.13. The van der Waals surface area contributed by atoms with Crippen molar-refractivity contribution in [2.45, 2.75) is 72.3 Å². The van der Waals surface area contributed by atoms with Crippen LogP contribution in [-0.2, 0) is 5.41 Å². The topological polar surface area (TPSA) is 49.8 Å². The first-order valence-electron chi connectivity index (χ1n) is 7.65. The monoisotopic (exact) mass is 278 g/mol. The van der Waals surface area contributed by atoms with Crippen molar-refractivity contribution in [2.75, 3.05) is 17.2 Å². The highest BCUT2D eigenvalue weighted by Crippen LogP contribution is 2.25. The van der Waals surface area contributed by atoms with Crippen molar-refractivity contribution in [3.63, 3.8) is 0 Å². The molecule has 4 nitrogen and oxygen atoms in total. The Kier molecular flexibility index (Phi) is 5.37. The van der Waals surface area contributed by atoms with Crippen LogP contribution in [0.1, 0.15) is 67.1 Å². The van der Waals surface area contributed by atoms with Gasteiger partial charge in [0.15, 0.2) is 0 Å². The summed E-state index contributed by atoms with van der Waals surface area (Å²) >= 11 is 0. The van der Waals surface area contributed by atoms with Crippen LogP contribution in [0.3, 0.4) is 0 Å². The number of aromatic nitrogens is 2. The molecule has 0 atom stereocenters. The fraction of sp³-hybridized carbons (Fsp3) is 0.750. The molecule has 1 heterocycles. The van der Waals surface area contributed by atoms with Crippen molar-refractivity contribution in [1.29, 1.82) is 0 Å². The van der Waals surface area contributed by atoms with E-state index in [0.717, 1.165) is 36.8 Å². The van der Waals surface area contributed by atoms with Crippen molar-refractivity contribution in [1.82, 2.24) is 9.97 Å². The van der Waals surface area contributed by atoms with E-state index in [-0.39, 0.29) is 11.0 Å². The highest BCUT2D eigenvalue weighted by molar-refractivity contribution is 5.49. The van der Waals surface area contributed by atoms with Gasteiger partial charge < -0.3 is 10.6 Å². The van der Waals surface area contributed by atoms with Gasteiger partial charge in [0.1, 0.15) is 17.5 Å². The molecule has 0 bridgehead atoms. The van der Waals surface area contributed by atoms with Gasteiger partial charge in [-0.1, -0.05) is 34.6 Å². The molecule has 0 aromatic carbocycles. The highest BCUT2D eigenvalue weighted by Gasteiger charge is 2.23. The Morgan fingerprint density at radius 3 is 1.95 bits per heavy atom. The minimum atomic E-state index is -0.0588. The molecule has 0 aliphatic rings. The molecule has 1 rings (SSSR count). The zero-order valence-electron chi connectivity index (χ0n) is 14.1. The third-order valence-corrected chi connectivity index (χ3v) is 3.75. The fourth-order valence-corrected chi connectivity index (χ4v) is 1.85. The molecular formula is C16H30N4. The van der Waals surface area contributed by atoms with Crippen LogP contribution < -0.4 is 10.6 Å². The Hall–Kier alpha value is -1.32. The van der Waals surface area contributed by atoms with Crippen LogP contribution in [0.15, 0.2) is 6.07 Å². The molecule has 0 radical (unpaired) electrons. The summed E-state index contributed by atoms with van der Waals surface area (Å²) in [5, 5.41) is 6.87. The molecular weight excluding hydrogens is 248 g/mol. The summed E-state index contributed by atoms with van der Waals surface area (Å²) in [5.74, 6) is 2.67. The lowest BCUT2D eigenvalue weighted by atomic mass is 9.94. The average Bonchev–Trinajstić information content (AvgIpc) is 2.37. The van der Waals surface area contributed by atoms with Gasteiger partial charge in [0.2, 0.25) is 0 Å². The minimum Gasteiger partial charge on any atom is -0.370 e. The summed E-state index contributed by atoms with van der Waals surface area (Å²) in [6.45, 7) is 16.0. The van der Waals surface area contributed by atoms with E-state index in [1.165, 1.54) is 0 Å². The Bertz CT molecular complexity index is 431. The number of nitrogens with one attached hydrogen (secondary N) is 2. The highest BCUT2D eigenvalue weighted by atomic mass is 15.1. The van der Waals surface area contributed by atoms with Crippen LogP contribution in [-0.4, -0.2) is 22.1 Å². The van der Waals surface area contributed by atoms with Gasteiger partial charge in [0.05, 0.1) is 0 Å². The van der Waals surface area contributed by atoms with E-state index in [4.69, 9.17) is 4.98 Å². The Labute approximate surface area is 123 Å². The van der Waals surface area contributed by atoms with Gasteiger partial charge in [-0.15, -0.1) is 0 Å². The van der Waals surface area contributed by atoms with Crippen LogP contribution in [0.4, 0.5) is 11.6 Å². The van der Waals surface area contributed by atoms with E-state index >= 15 is 0 Å². The van der Waals surface area contributed by atoms with Gasteiger partial charge in [-0.25, -0.2) is 9.97 Å². The quantitative estimate of drug-likeness (QED) is 0.819. The van der Waals surface area contributed by atoms with Gasteiger partial charge in [0, 0.05) is 23.6 Å². The zero-order valence-corrected chi connectivity index (χ0v) is 14.1. The maximum atomic E-state index is 4.71. The molecule has 1 aromatic rings. The number of rotatable bonds is 6. The number of hydrogen-bond donors (Lipinski definition) is 2. The van der Waals surface area contributed by atoms with Gasteiger partial charge >= 0.3 is 0 Å². The SMILES string of the molecule is CCNc1cc(NC(C)(CC)CC)nc(C(C)(C)C)n1. The molecule has 2 N–H and O–H groups in total. The minimum absolute atomic E-state index is 0.0588. The van der Waals surface area contributed by atoms with E-state index in [9.17, 15) is 0 Å². The summed E-state index contributed by atoms with van der Waals surface area (Å²) < 4.78 is 0. The molecule has 0 unspecified atom stereocenters. The molecule has 20 heavy (non-hydrogen) atoms. The molecule has 0 amide bonds. The molecule has 114 valence electrons. The van der Waals surface area contributed by atoms with Crippen molar-refractivity contribution >= 4 is 11.6 Å². The third-order valence-electron chi connectivity index (χ3n) is 3.75. The van der Waals surface area contributed by atoms with Gasteiger partial charge in [-0.3, -0.25) is 0 Å². The summed E-state index contributed by atoms with van der Waals surface area (Å²) in [5.41, 5.74) is 0.0175. The average molecular weight is 278 g/mol. The molecule has 0 aliphatic carbocycles. The molecule has 4 heteroatoms. The number of hydrogen-bond acceptors (Lipinski definition) is 4. The van der Waals surface area contributed by atoms with E-state index < -0.39 is 0 Å². The first-order valence-corrected chi connectivity index (χ1v) is 7.65. The first-order chi connectivity index (χ1) is 9.24. The normalized spacial score (nSPS) is 12.3. The maximum Gasteiger partial charge on any atom is 0.138 e. The molecule has 0 fully saturated rings.